The Balaban J connectivity index is 1.40. The van der Waals surface area contributed by atoms with E-state index < -0.39 is 0 Å². The van der Waals surface area contributed by atoms with Gasteiger partial charge in [0.05, 0.1) is 5.52 Å². The molecule has 1 N–H and O–H groups in total. The van der Waals surface area contributed by atoms with E-state index in [0.717, 1.165) is 60.5 Å². The largest absolute Gasteiger partial charge is 0.357 e. The normalized spacial score (nSPS) is 19.3. The van der Waals surface area contributed by atoms with E-state index in [1.54, 1.807) is 0 Å². The van der Waals surface area contributed by atoms with E-state index in [0.29, 0.717) is 6.04 Å². The van der Waals surface area contributed by atoms with Crippen LogP contribution in [0.5, 0.6) is 0 Å². The van der Waals surface area contributed by atoms with Gasteiger partial charge < -0.3 is 10.2 Å². The van der Waals surface area contributed by atoms with Crippen molar-refractivity contribution in [2.45, 2.75) is 38.1 Å². The standard InChI is InChI=1S/C19H22ClN3O/c20-15-5-6-17-14(12-15)4-7-18(22-17)23-10-8-13(9-11-23)19(24)21-16-2-1-3-16/h4-7,12-13,16H,1-3,8-11H2,(H,21,24). The minimum atomic E-state index is 0.154. The van der Waals surface area contributed by atoms with E-state index in [1.165, 1.54) is 6.42 Å². The van der Waals surface area contributed by atoms with Crippen molar-refractivity contribution in [2.24, 2.45) is 5.92 Å². The van der Waals surface area contributed by atoms with E-state index in [2.05, 4.69) is 16.3 Å². The second kappa shape index (κ2) is 6.60. The zero-order valence-corrected chi connectivity index (χ0v) is 14.4. The van der Waals surface area contributed by atoms with E-state index in [9.17, 15) is 4.79 Å². The number of nitrogens with zero attached hydrogens (tertiary/aromatic N) is 2. The molecule has 126 valence electrons. The van der Waals surface area contributed by atoms with Crippen molar-refractivity contribution < 1.29 is 4.79 Å². The summed E-state index contributed by atoms with van der Waals surface area (Å²) in [6, 6.07) is 10.3. The van der Waals surface area contributed by atoms with Gasteiger partial charge in [0.25, 0.3) is 0 Å². The Kier molecular flexibility index (Phi) is 4.31. The van der Waals surface area contributed by atoms with Gasteiger partial charge in [-0.3, -0.25) is 4.79 Å². The lowest BCUT2D eigenvalue weighted by Gasteiger charge is -2.34. The van der Waals surface area contributed by atoms with Crippen LogP contribution in [0.1, 0.15) is 32.1 Å². The first-order valence-corrected chi connectivity index (χ1v) is 9.18. The Morgan fingerprint density at radius 1 is 1.12 bits per heavy atom. The maximum absolute atomic E-state index is 12.3. The van der Waals surface area contributed by atoms with Gasteiger partial charge in [-0.1, -0.05) is 11.6 Å². The van der Waals surface area contributed by atoms with E-state index >= 15 is 0 Å². The summed E-state index contributed by atoms with van der Waals surface area (Å²) in [6.07, 6.45) is 5.35. The zero-order chi connectivity index (χ0) is 16.5. The van der Waals surface area contributed by atoms with Crippen molar-refractivity contribution in [3.63, 3.8) is 0 Å². The Bertz CT molecular complexity index is 751. The van der Waals surface area contributed by atoms with Crippen LogP contribution in [-0.4, -0.2) is 30.0 Å². The third-order valence-electron chi connectivity index (χ3n) is 5.28. The fourth-order valence-electron chi connectivity index (χ4n) is 3.50. The van der Waals surface area contributed by atoms with Crippen LogP contribution in [0, 0.1) is 5.92 Å². The van der Waals surface area contributed by atoms with Crippen LogP contribution in [0.25, 0.3) is 10.9 Å². The molecule has 0 spiro atoms. The first-order valence-electron chi connectivity index (χ1n) is 8.81. The minimum Gasteiger partial charge on any atom is -0.357 e. The van der Waals surface area contributed by atoms with Crippen LogP contribution in [0.4, 0.5) is 5.82 Å². The summed E-state index contributed by atoms with van der Waals surface area (Å²) in [5.74, 6) is 1.39. The summed E-state index contributed by atoms with van der Waals surface area (Å²) in [5, 5.41) is 4.97. The van der Waals surface area contributed by atoms with Gasteiger partial charge in [-0.2, -0.15) is 0 Å². The molecule has 1 saturated heterocycles. The molecule has 2 heterocycles. The first kappa shape index (κ1) is 15.7. The fourth-order valence-corrected chi connectivity index (χ4v) is 3.68. The van der Waals surface area contributed by atoms with Crippen molar-refractivity contribution >= 4 is 34.2 Å². The molecule has 2 aromatic rings. The van der Waals surface area contributed by atoms with Crippen molar-refractivity contribution in [3.8, 4) is 0 Å². The number of amides is 1. The van der Waals surface area contributed by atoms with E-state index in [1.807, 2.05) is 24.3 Å². The smallest absolute Gasteiger partial charge is 0.223 e. The first-order chi connectivity index (χ1) is 11.7. The molecule has 1 aromatic carbocycles. The highest BCUT2D eigenvalue weighted by molar-refractivity contribution is 6.31. The number of pyridine rings is 1. The molecule has 2 fully saturated rings. The molecule has 0 unspecified atom stereocenters. The van der Waals surface area contributed by atoms with Gasteiger partial charge in [-0.15, -0.1) is 0 Å². The number of aromatic nitrogens is 1. The van der Waals surface area contributed by atoms with Gasteiger partial charge in [0.2, 0.25) is 5.91 Å². The molecule has 5 heteroatoms. The number of carbonyl (C=O) groups excluding carboxylic acids is 1. The maximum atomic E-state index is 12.3. The Morgan fingerprint density at radius 3 is 2.62 bits per heavy atom. The summed E-state index contributed by atoms with van der Waals surface area (Å²) in [4.78, 5) is 19.3. The van der Waals surface area contributed by atoms with Crippen LogP contribution in [0.15, 0.2) is 30.3 Å². The van der Waals surface area contributed by atoms with Gasteiger partial charge in [-0.05, 0) is 62.4 Å². The van der Waals surface area contributed by atoms with Gasteiger partial charge in [0.1, 0.15) is 5.82 Å². The molecule has 24 heavy (non-hydrogen) atoms. The third kappa shape index (κ3) is 3.20. The van der Waals surface area contributed by atoms with Crippen LogP contribution < -0.4 is 10.2 Å². The number of benzene rings is 1. The highest BCUT2D eigenvalue weighted by atomic mass is 35.5. The number of carbonyl (C=O) groups is 1. The molecule has 0 bridgehead atoms. The zero-order valence-electron chi connectivity index (χ0n) is 13.7. The fraction of sp³-hybridized carbons (Fsp3) is 0.474. The average Bonchev–Trinajstić information content (AvgIpc) is 2.57. The number of hydrogen-bond acceptors (Lipinski definition) is 3. The summed E-state index contributed by atoms with van der Waals surface area (Å²) >= 11 is 6.03. The molecule has 1 amide bonds. The lowest BCUT2D eigenvalue weighted by atomic mass is 9.90. The van der Waals surface area contributed by atoms with Crippen LogP contribution in [0.3, 0.4) is 0 Å². The van der Waals surface area contributed by atoms with E-state index in [4.69, 9.17) is 16.6 Å². The molecule has 1 aliphatic carbocycles. The van der Waals surface area contributed by atoms with Crippen molar-refractivity contribution in [1.82, 2.24) is 10.3 Å². The topological polar surface area (TPSA) is 45.2 Å². The van der Waals surface area contributed by atoms with Crippen molar-refractivity contribution in [3.05, 3.63) is 35.4 Å². The van der Waals surface area contributed by atoms with Crippen LogP contribution in [-0.2, 0) is 4.79 Å². The summed E-state index contributed by atoms with van der Waals surface area (Å²) < 4.78 is 0. The van der Waals surface area contributed by atoms with Crippen molar-refractivity contribution in [2.75, 3.05) is 18.0 Å². The summed E-state index contributed by atoms with van der Waals surface area (Å²) in [6.45, 7) is 1.77. The quantitative estimate of drug-likeness (QED) is 0.922. The number of anilines is 1. The molecule has 1 saturated carbocycles. The summed E-state index contributed by atoms with van der Waals surface area (Å²) in [5.41, 5.74) is 0.960. The lowest BCUT2D eigenvalue weighted by molar-refractivity contribution is -0.126. The maximum Gasteiger partial charge on any atom is 0.223 e. The molecule has 0 radical (unpaired) electrons. The van der Waals surface area contributed by atoms with Crippen molar-refractivity contribution in [1.29, 1.82) is 0 Å². The highest BCUT2D eigenvalue weighted by Gasteiger charge is 2.28. The SMILES string of the molecule is O=C(NC1CCC1)C1CCN(c2ccc3cc(Cl)ccc3n2)CC1. The Hall–Kier alpha value is -1.81. The predicted octanol–water partition coefficient (Wildman–Crippen LogP) is 3.77. The second-order valence-corrected chi connectivity index (χ2v) is 7.34. The molecule has 1 aliphatic heterocycles. The number of piperidine rings is 1. The monoisotopic (exact) mass is 343 g/mol. The Morgan fingerprint density at radius 2 is 1.92 bits per heavy atom. The average molecular weight is 344 g/mol. The van der Waals surface area contributed by atoms with E-state index in [-0.39, 0.29) is 11.8 Å². The highest BCUT2D eigenvalue weighted by Crippen LogP contribution is 2.26. The molecule has 1 aromatic heterocycles. The third-order valence-corrected chi connectivity index (χ3v) is 5.51. The molecular weight excluding hydrogens is 322 g/mol. The molecule has 0 atom stereocenters. The number of rotatable bonds is 3. The number of halogens is 1. The number of hydrogen-bond donors (Lipinski definition) is 1. The predicted molar refractivity (Wildman–Crippen MR) is 97.5 cm³/mol. The number of fused-ring (bicyclic) bond motifs is 1. The molecule has 4 nitrogen and oxygen atoms in total. The number of nitrogens with one attached hydrogen (secondary N) is 1. The van der Waals surface area contributed by atoms with Crippen LogP contribution in [0.2, 0.25) is 5.02 Å². The minimum absolute atomic E-state index is 0.154. The second-order valence-electron chi connectivity index (χ2n) is 6.90. The Labute approximate surface area is 147 Å². The van der Waals surface area contributed by atoms with Gasteiger partial charge in [0, 0.05) is 35.5 Å². The van der Waals surface area contributed by atoms with Gasteiger partial charge >= 0.3 is 0 Å². The van der Waals surface area contributed by atoms with Gasteiger partial charge in [0.15, 0.2) is 0 Å². The van der Waals surface area contributed by atoms with Crippen LogP contribution >= 0.6 is 11.6 Å². The van der Waals surface area contributed by atoms with Gasteiger partial charge in [-0.25, -0.2) is 4.98 Å². The molecule has 4 rings (SSSR count). The lowest BCUT2D eigenvalue weighted by Crippen LogP contribution is -2.46. The molecule has 2 aliphatic rings. The summed E-state index contributed by atoms with van der Waals surface area (Å²) in [7, 11) is 0. The molecular formula is C19H22ClN3O.